The highest BCUT2D eigenvalue weighted by Gasteiger charge is 2.30. The first-order valence-corrected chi connectivity index (χ1v) is 12.2. The zero-order valence-electron chi connectivity index (χ0n) is 20.5. The summed E-state index contributed by atoms with van der Waals surface area (Å²) in [5, 5.41) is 7.35. The van der Waals surface area contributed by atoms with E-state index in [1.54, 1.807) is 37.0 Å². The summed E-state index contributed by atoms with van der Waals surface area (Å²) in [6.07, 6.45) is -0.670. The first kappa shape index (κ1) is 27.0. The number of nitrogens with one attached hydrogen (secondary N) is 1. The molecule has 1 aliphatic heterocycles. The Morgan fingerprint density at radius 1 is 1.16 bits per heavy atom. The minimum Gasteiger partial charge on any atom is -0.492 e. The number of benzene rings is 2. The molecule has 1 fully saturated rings. The number of ether oxygens (including phenoxy) is 2. The number of nitrogens with zero attached hydrogens (tertiary/aromatic N) is 3. The average Bonchev–Trinajstić information content (AvgIpc) is 3.22. The van der Waals surface area contributed by atoms with Gasteiger partial charge in [-0.2, -0.15) is 18.3 Å². The van der Waals surface area contributed by atoms with Crippen LogP contribution in [0.3, 0.4) is 0 Å². The van der Waals surface area contributed by atoms with E-state index in [2.05, 4.69) is 15.3 Å². The molecule has 0 spiro atoms. The lowest BCUT2D eigenvalue weighted by atomic mass is 10.1. The minimum absolute atomic E-state index is 0.102. The third-order valence-electron chi connectivity index (χ3n) is 6.39. The fraction of sp³-hybridized carbons (Fsp3) is 0.385. The third kappa shape index (κ3) is 6.63. The van der Waals surface area contributed by atoms with Crippen LogP contribution in [0.2, 0.25) is 5.02 Å². The number of carbonyl (C=O) groups is 1. The number of carbonyl (C=O) groups excluding carboxylic acids is 1. The number of halogens is 4. The van der Waals surface area contributed by atoms with Crippen LogP contribution >= 0.6 is 11.6 Å². The largest absolute Gasteiger partial charge is 0.492 e. The van der Waals surface area contributed by atoms with Crippen molar-refractivity contribution in [1.82, 2.24) is 14.7 Å². The van der Waals surface area contributed by atoms with E-state index < -0.39 is 17.6 Å². The molecule has 1 amide bonds. The molecule has 3 aromatic rings. The van der Waals surface area contributed by atoms with Crippen LogP contribution in [-0.2, 0) is 18.0 Å². The van der Waals surface area contributed by atoms with E-state index >= 15 is 0 Å². The molecule has 7 nitrogen and oxygen atoms in total. The van der Waals surface area contributed by atoms with Crippen molar-refractivity contribution in [3.63, 3.8) is 0 Å². The quantitative estimate of drug-likeness (QED) is 0.412. The van der Waals surface area contributed by atoms with Crippen molar-refractivity contribution in [3.8, 4) is 17.0 Å². The van der Waals surface area contributed by atoms with Crippen LogP contribution in [0.5, 0.6) is 5.75 Å². The molecule has 0 radical (unpaired) electrons. The van der Waals surface area contributed by atoms with E-state index in [1.807, 2.05) is 0 Å². The Morgan fingerprint density at radius 3 is 2.46 bits per heavy atom. The highest BCUT2D eigenvalue weighted by Crippen LogP contribution is 2.37. The lowest BCUT2D eigenvalue weighted by molar-refractivity contribution is -0.137. The normalized spacial score (nSPS) is 15.1. The number of alkyl halides is 3. The molecule has 198 valence electrons. The van der Waals surface area contributed by atoms with Crippen LogP contribution in [0.4, 0.5) is 18.9 Å². The Hall–Kier alpha value is -3.08. The van der Waals surface area contributed by atoms with E-state index in [0.717, 1.165) is 56.7 Å². The van der Waals surface area contributed by atoms with Gasteiger partial charge in [0.1, 0.15) is 12.4 Å². The summed E-state index contributed by atoms with van der Waals surface area (Å²) >= 11 is 6.40. The Morgan fingerprint density at radius 2 is 1.86 bits per heavy atom. The Bertz CT molecular complexity index is 1200. The number of amides is 1. The number of hydrogen-bond acceptors (Lipinski definition) is 5. The van der Waals surface area contributed by atoms with Crippen LogP contribution < -0.4 is 10.1 Å². The number of rotatable bonds is 8. The second-order valence-corrected chi connectivity index (χ2v) is 9.24. The van der Waals surface area contributed by atoms with Gasteiger partial charge in [0.05, 0.1) is 28.6 Å². The molecule has 1 aliphatic rings. The van der Waals surface area contributed by atoms with Gasteiger partial charge in [-0.25, -0.2) is 0 Å². The fourth-order valence-electron chi connectivity index (χ4n) is 4.30. The summed E-state index contributed by atoms with van der Waals surface area (Å²) < 4.78 is 51.7. The molecule has 0 aliphatic carbocycles. The van der Waals surface area contributed by atoms with Crippen molar-refractivity contribution < 1.29 is 27.4 Å². The van der Waals surface area contributed by atoms with Gasteiger partial charge in [0.15, 0.2) is 0 Å². The van der Waals surface area contributed by atoms with Gasteiger partial charge >= 0.3 is 6.18 Å². The first-order chi connectivity index (χ1) is 17.7. The van der Waals surface area contributed by atoms with Crippen molar-refractivity contribution in [3.05, 3.63) is 64.8 Å². The standard InChI is InChI=1S/C26H28ClF3N4O3/c1-33-24(22(27)16-31-33)21-15-19(32-25(35)17-3-5-18(6-4-17)26(28,29)30)7-8-23(21)37-14-13-34-11-9-20(36-2)10-12-34/h3-8,15-16,20H,9-14H2,1-2H3,(H,32,35). The van der Waals surface area contributed by atoms with E-state index in [-0.39, 0.29) is 5.56 Å². The maximum Gasteiger partial charge on any atom is 0.416 e. The molecule has 0 bridgehead atoms. The third-order valence-corrected chi connectivity index (χ3v) is 6.67. The average molecular weight is 537 g/mol. The molecule has 1 saturated heterocycles. The first-order valence-electron chi connectivity index (χ1n) is 11.8. The molecule has 1 N–H and O–H groups in total. The van der Waals surface area contributed by atoms with E-state index in [9.17, 15) is 18.0 Å². The second-order valence-electron chi connectivity index (χ2n) is 8.83. The minimum atomic E-state index is -4.47. The zero-order valence-corrected chi connectivity index (χ0v) is 21.3. The van der Waals surface area contributed by atoms with E-state index in [4.69, 9.17) is 21.1 Å². The predicted octanol–water partition coefficient (Wildman–Crippen LogP) is 5.50. The van der Waals surface area contributed by atoms with E-state index in [1.165, 1.54) is 6.20 Å². The highest BCUT2D eigenvalue weighted by molar-refractivity contribution is 6.33. The summed E-state index contributed by atoms with van der Waals surface area (Å²) in [7, 11) is 3.49. The molecular weight excluding hydrogens is 509 g/mol. The van der Waals surface area contributed by atoms with Crippen LogP contribution in [0.1, 0.15) is 28.8 Å². The van der Waals surface area contributed by atoms with Gasteiger partial charge in [-0.3, -0.25) is 14.4 Å². The van der Waals surface area contributed by atoms with Gasteiger partial charge in [0, 0.05) is 50.6 Å². The molecule has 4 rings (SSSR count). The fourth-order valence-corrected chi connectivity index (χ4v) is 4.57. The lowest BCUT2D eigenvalue weighted by Gasteiger charge is -2.31. The van der Waals surface area contributed by atoms with Crippen LogP contribution in [0.15, 0.2) is 48.7 Å². The zero-order chi connectivity index (χ0) is 26.6. The van der Waals surface area contributed by atoms with E-state index in [0.29, 0.717) is 40.4 Å². The summed E-state index contributed by atoms with van der Waals surface area (Å²) in [6, 6.07) is 9.17. The van der Waals surface area contributed by atoms with Crippen LogP contribution in [0.25, 0.3) is 11.3 Å². The number of aromatic nitrogens is 2. The summed E-state index contributed by atoms with van der Waals surface area (Å²) in [5.74, 6) is 0.0358. The van der Waals surface area contributed by atoms with Gasteiger partial charge in [0.25, 0.3) is 5.91 Å². The van der Waals surface area contributed by atoms with Crippen molar-refractivity contribution in [2.24, 2.45) is 7.05 Å². The molecular formula is C26H28ClF3N4O3. The van der Waals surface area contributed by atoms with Gasteiger partial charge in [-0.15, -0.1) is 0 Å². The summed E-state index contributed by atoms with van der Waals surface area (Å²) in [4.78, 5) is 15.0. The second kappa shape index (κ2) is 11.5. The SMILES string of the molecule is COC1CCN(CCOc2ccc(NC(=O)c3ccc(C(F)(F)F)cc3)cc2-c2c(Cl)cnn2C)CC1. The molecule has 2 aromatic carbocycles. The molecule has 2 heterocycles. The molecule has 0 unspecified atom stereocenters. The number of methoxy groups -OCH3 is 1. The Balaban J connectivity index is 1.49. The van der Waals surface area contributed by atoms with Crippen molar-refractivity contribution in [2.75, 3.05) is 38.7 Å². The number of likely N-dealkylation sites (tertiary alicyclic amines) is 1. The van der Waals surface area contributed by atoms with Crippen molar-refractivity contribution in [2.45, 2.75) is 25.1 Å². The predicted molar refractivity (Wildman–Crippen MR) is 135 cm³/mol. The van der Waals surface area contributed by atoms with Gasteiger partial charge < -0.3 is 14.8 Å². The molecule has 11 heteroatoms. The topological polar surface area (TPSA) is 68.6 Å². The summed E-state index contributed by atoms with van der Waals surface area (Å²) in [6.45, 7) is 3.09. The van der Waals surface area contributed by atoms with Gasteiger partial charge in [0.2, 0.25) is 0 Å². The number of anilines is 1. The monoisotopic (exact) mass is 536 g/mol. The Kier molecular flexibility index (Phi) is 8.41. The van der Waals surface area contributed by atoms with Crippen LogP contribution in [0, 0.1) is 0 Å². The van der Waals surface area contributed by atoms with Crippen molar-refractivity contribution >= 4 is 23.2 Å². The molecule has 0 atom stereocenters. The molecule has 0 saturated carbocycles. The van der Waals surface area contributed by atoms with Crippen molar-refractivity contribution in [1.29, 1.82) is 0 Å². The van der Waals surface area contributed by atoms with Gasteiger partial charge in [-0.1, -0.05) is 11.6 Å². The van der Waals surface area contributed by atoms with Gasteiger partial charge in [-0.05, 0) is 55.3 Å². The summed E-state index contributed by atoms with van der Waals surface area (Å²) in [5.41, 5.74) is 0.968. The smallest absolute Gasteiger partial charge is 0.416 e. The molecule has 1 aromatic heterocycles. The molecule has 37 heavy (non-hydrogen) atoms. The highest BCUT2D eigenvalue weighted by atomic mass is 35.5. The maximum atomic E-state index is 12.8. The Labute approximate surface area is 218 Å². The number of piperidine rings is 1. The number of aryl methyl sites for hydroxylation is 1. The lowest BCUT2D eigenvalue weighted by Crippen LogP contribution is -2.38. The number of hydrogen-bond donors (Lipinski definition) is 1. The van der Waals surface area contributed by atoms with Crippen LogP contribution in [-0.4, -0.2) is 60.0 Å². The maximum absolute atomic E-state index is 12.8.